The number of carboxylic acids is 1. The average molecular weight is 413 g/mol. The van der Waals surface area contributed by atoms with Crippen LogP contribution in [0.4, 0.5) is 4.79 Å². The highest BCUT2D eigenvalue weighted by Gasteiger charge is 2.40. The first-order valence-electron chi connectivity index (χ1n) is 9.73. The number of hydrogen-bond donors (Lipinski definition) is 1. The van der Waals surface area contributed by atoms with E-state index >= 15 is 0 Å². The molecule has 0 aliphatic heterocycles. The molecule has 0 unspecified atom stereocenters. The molecule has 0 bridgehead atoms. The highest BCUT2D eigenvalue weighted by atomic mass is 16.6. The summed E-state index contributed by atoms with van der Waals surface area (Å²) < 4.78 is 10.7. The van der Waals surface area contributed by atoms with E-state index in [1.807, 2.05) is 36.4 Å². The standard InChI is InChI=1S/C23H27NO6/c1-16(2)20(22(27)29-14-18-10-6-4-7-11-18)24(17(3)21(25)26)23(28)30-15-19-12-8-5-9-13-19/h4-13,16-17,20H,14-15H2,1-3H3,(H,25,26)/t17-,20-/m0/s1. The fraction of sp³-hybridized carbons (Fsp3) is 0.348. The Bertz CT molecular complexity index is 837. The number of carbonyl (C=O) groups is 3. The van der Waals surface area contributed by atoms with Crippen LogP contribution in [-0.4, -0.2) is 40.1 Å². The molecule has 30 heavy (non-hydrogen) atoms. The van der Waals surface area contributed by atoms with Gasteiger partial charge in [0.05, 0.1) is 0 Å². The Balaban J connectivity index is 2.18. The highest BCUT2D eigenvalue weighted by Crippen LogP contribution is 2.19. The van der Waals surface area contributed by atoms with Crippen LogP contribution in [0.15, 0.2) is 60.7 Å². The largest absolute Gasteiger partial charge is 0.480 e. The van der Waals surface area contributed by atoms with Crippen molar-refractivity contribution >= 4 is 18.0 Å². The Labute approximate surface area is 176 Å². The summed E-state index contributed by atoms with van der Waals surface area (Å²) in [6.45, 7) is 4.77. The summed E-state index contributed by atoms with van der Waals surface area (Å²) in [5.41, 5.74) is 1.54. The summed E-state index contributed by atoms with van der Waals surface area (Å²) in [7, 11) is 0. The molecule has 160 valence electrons. The lowest BCUT2D eigenvalue weighted by Crippen LogP contribution is -2.55. The van der Waals surface area contributed by atoms with Crippen LogP contribution in [0.3, 0.4) is 0 Å². The quantitative estimate of drug-likeness (QED) is 0.628. The van der Waals surface area contributed by atoms with E-state index in [0.29, 0.717) is 0 Å². The van der Waals surface area contributed by atoms with Crippen molar-refractivity contribution in [3.05, 3.63) is 71.8 Å². The molecule has 1 N–H and O–H groups in total. The van der Waals surface area contributed by atoms with Crippen molar-refractivity contribution in [3.63, 3.8) is 0 Å². The lowest BCUT2D eigenvalue weighted by molar-refractivity contribution is -0.156. The van der Waals surface area contributed by atoms with Gasteiger partial charge in [0.2, 0.25) is 0 Å². The predicted octanol–water partition coefficient (Wildman–Crippen LogP) is 3.87. The van der Waals surface area contributed by atoms with Crippen molar-refractivity contribution in [2.24, 2.45) is 5.92 Å². The molecular weight excluding hydrogens is 386 g/mol. The molecular formula is C23H27NO6. The van der Waals surface area contributed by atoms with Crippen LogP contribution in [0.25, 0.3) is 0 Å². The summed E-state index contributed by atoms with van der Waals surface area (Å²) in [5.74, 6) is -2.31. The molecule has 1 amide bonds. The van der Waals surface area contributed by atoms with Crippen molar-refractivity contribution in [3.8, 4) is 0 Å². The summed E-state index contributed by atoms with van der Waals surface area (Å²) in [6, 6.07) is 15.7. The number of hydrogen-bond acceptors (Lipinski definition) is 5. The minimum Gasteiger partial charge on any atom is -0.480 e. The number of aliphatic carboxylic acids is 1. The van der Waals surface area contributed by atoms with Crippen molar-refractivity contribution < 1.29 is 29.0 Å². The predicted molar refractivity (Wildman–Crippen MR) is 110 cm³/mol. The molecule has 2 atom stereocenters. The molecule has 0 spiro atoms. The van der Waals surface area contributed by atoms with Crippen LogP contribution in [0, 0.1) is 5.92 Å². The number of amides is 1. The summed E-state index contributed by atoms with van der Waals surface area (Å²) in [4.78, 5) is 38.3. The van der Waals surface area contributed by atoms with Gasteiger partial charge < -0.3 is 14.6 Å². The fourth-order valence-corrected chi connectivity index (χ4v) is 2.95. The van der Waals surface area contributed by atoms with Gasteiger partial charge >= 0.3 is 18.0 Å². The molecule has 0 radical (unpaired) electrons. The topological polar surface area (TPSA) is 93.1 Å². The molecule has 0 heterocycles. The van der Waals surface area contributed by atoms with Crippen LogP contribution in [-0.2, 0) is 32.3 Å². The van der Waals surface area contributed by atoms with Crippen LogP contribution < -0.4 is 0 Å². The van der Waals surface area contributed by atoms with E-state index in [1.165, 1.54) is 6.92 Å². The molecule has 0 fully saturated rings. The van der Waals surface area contributed by atoms with Gasteiger partial charge in [-0.1, -0.05) is 74.5 Å². The fourth-order valence-electron chi connectivity index (χ4n) is 2.95. The lowest BCUT2D eigenvalue weighted by atomic mass is 10.0. The number of esters is 1. The van der Waals surface area contributed by atoms with Crippen molar-refractivity contribution in [2.45, 2.75) is 46.1 Å². The Morgan fingerprint density at radius 2 is 1.30 bits per heavy atom. The van der Waals surface area contributed by atoms with Crippen LogP contribution in [0.5, 0.6) is 0 Å². The van der Waals surface area contributed by atoms with Crippen molar-refractivity contribution in [2.75, 3.05) is 0 Å². The van der Waals surface area contributed by atoms with Gasteiger partial charge in [-0.15, -0.1) is 0 Å². The van der Waals surface area contributed by atoms with Gasteiger partial charge in [-0.05, 0) is 24.0 Å². The summed E-state index contributed by atoms with van der Waals surface area (Å²) >= 11 is 0. The molecule has 2 rings (SSSR count). The number of nitrogens with zero attached hydrogens (tertiary/aromatic N) is 1. The maximum Gasteiger partial charge on any atom is 0.411 e. The van der Waals surface area contributed by atoms with Crippen LogP contribution in [0.2, 0.25) is 0 Å². The minimum absolute atomic E-state index is 0.0250. The van der Waals surface area contributed by atoms with E-state index in [4.69, 9.17) is 9.47 Å². The maximum absolute atomic E-state index is 12.8. The number of benzene rings is 2. The molecule has 0 saturated heterocycles. The molecule has 0 aliphatic carbocycles. The third-order valence-corrected chi connectivity index (χ3v) is 4.59. The Hall–Kier alpha value is -3.35. The lowest BCUT2D eigenvalue weighted by Gasteiger charge is -2.34. The Morgan fingerprint density at radius 3 is 1.73 bits per heavy atom. The SMILES string of the molecule is CC(C)[C@@H](C(=O)OCc1ccccc1)N(C(=O)OCc1ccccc1)[C@@H](C)C(=O)O. The third kappa shape index (κ3) is 6.34. The molecule has 0 aromatic heterocycles. The molecule has 0 aliphatic rings. The molecule has 7 heteroatoms. The minimum atomic E-state index is -1.27. The third-order valence-electron chi connectivity index (χ3n) is 4.59. The number of rotatable bonds is 9. The molecule has 0 saturated carbocycles. The Kier molecular flexibility index (Phi) is 8.41. The first-order chi connectivity index (χ1) is 14.3. The average Bonchev–Trinajstić information content (AvgIpc) is 2.74. The number of ether oxygens (including phenoxy) is 2. The van der Waals surface area contributed by atoms with E-state index < -0.39 is 30.1 Å². The molecule has 2 aromatic rings. The second kappa shape index (κ2) is 11.0. The van der Waals surface area contributed by atoms with E-state index in [9.17, 15) is 19.5 Å². The first kappa shape index (κ1) is 22.9. The van der Waals surface area contributed by atoms with Gasteiger partial charge in [-0.3, -0.25) is 4.90 Å². The molecule has 7 nitrogen and oxygen atoms in total. The second-order valence-corrected chi connectivity index (χ2v) is 7.24. The monoisotopic (exact) mass is 413 g/mol. The van der Waals surface area contributed by atoms with Crippen LogP contribution >= 0.6 is 0 Å². The zero-order valence-corrected chi connectivity index (χ0v) is 17.4. The maximum atomic E-state index is 12.8. The zero-order valence-electron chi connectivity index (χ0n) is 17.4. The highest BCUT2D eigenvalue weighted by molar-refractivity contribution is 5.86. The van der Waals surface area contributed by atoms with Gasteiger partial charge in [0.1, 0.15) is 25.3 Å². The zero-order chi connectivity index (χ0) is 22.1. The second-order valence-electron chi connectivity index (χ2n) is 7.24. The number of carbonyl (C=O) groups excluding carboxylic acids is 2. The van der Waals surface area contributed by atoms with Gasteiger partial charge in [-0.2, -0.15) is 0 Å². The van der Waals surface area contributed by atoms with Crippen LogP contribution in [0.1, 0.15) is 31.9 Å². The van der Waals surface area contributed by atoms with Crippen molar-refractivity contribution in [1.82, 2.24) is 4.90 Å². The van der Waals surface area contributed by atoms with Gasteiger partial charge in [0.25, 0.3) is 0 Å². The van der Waals surface area contributed by atoms with E-state index in [-0.39, 0.29) is 19.1 Å². The van der Waals surface area contributed by atoms with Gasteiger partial charge in [-0.25, -0.2) is 14.4 Å². The normalized spacial score (nSPS) is 12.7. The van der Waals surface area contributed by atoms with E-state index in [0.717, 1.165) is 16.0 Å². The smallest absolute Gasteiger partial charge is 0.411 e. The van der Waals surface area contributed by atoms with Crippen molar-refractivity contribution in [1.29, 1.82) is 0 Å². The first-order valence-corrected chi connectivity index (χ1v) is 9.73. The number of carboxylic acid groups (broad SMARTS) is 1. The van der Waals surface area contributed by atoms with Gasteiger partial charge in [0, 0.05) is 0 Å². The Morgan fingerprint density at radius 1 is 0.833 bits per heavy atom. The van der Waals surface area contributed by atoms with Gasteiger partial charge in [0.15, 0.2) is 0 Å². The summed E-state index contributed by atoms with van der Waals surface area (Å²) in [5, 5.41) is 9.51. The van der Waals surface area contributed by atoms with E-state index in [2.05, 4.69) is 0 Å². The van der Waals surface area contributed by atoms with E-state index in [1.54, 1.807) is 38.1 Å². The molecule has 2 aromatic carbocycles. The summed E-state index contributed by atoms with van der Waals surface area (Å²) in [6.07, 6.45) is -0.885.